The van der Waals surface area contributed by atoms with Gasteiger partial charge < -0.3 is 4.74 Å². The van der Waals surface area contributed by atoms with Gasteiger partial charge in [0.15, 0.2) is 0 Å². The van der Waals surface area contributed by atoms with E-state index in [1.807, 2.05) is 13.8 Å². The average Bonchev–Trinajstić information content (AvgIpc) is 2.69. The lowest BCUT2D eigenvalue weighted by atomic mass is 9.95. The van der Waals surface area contributed by atoms with Crippen molar-refractivity contribution in [1.29, 1.82) is 0 Å². The summed E-state index contributed by atoms with van der Waals surface area (Å²) in [7, 11) is 0. The zero-order chi connectivity index (χ0) is 14.4. The van der Waals surface area contributed by atoms with Gasteiger partial charge >= 0.3 is 0 Å². The Hall–Kier alpha value is -1.76. The maximum atomic E-state index is 6.18. The maximum Gasteiger partial charge on any atom is 0.124 e. The summed E-state index contributed by atoms with van der Waals surface area (Å²) in [5.74, 6) is 1.52. The SMILES string of the molecule is C\C=C/C=C1/CCC(C2=CC=CC(C)C=C2)O/C1=C/C. The van der Waals surface area contributed by atoms with Crippen molar-refractivity contribution in [3.05, 3.63) is 71.6 Å². The van der Waals surface area contributed by atoms with Crippen molar-refractivity contribution in [3.63, 3.8) is 0 Å². The molecule has 2 atom stereocenters. The second-order valence-electron chi connectivity index (χ2n) is 5.29. The molecule has 0 aromatic heterocycles. The van der Waals surface area contributed by atoms with Crippen LogP contribution in [0.1, 0.15) is 33.6 Å². The molecule has 0 saturated carbocycles. The zero-order valence-corrected chi connectivity index (χ0v) is 12.7. The van der Waals surface area contributed by atoms with E-state index in [-0.39, 0.29) is 6.10 Å². The van der Waals surface area contributed by atoms with E-state index in [4.69, 9.17) is 4.74 Å². The van der Waals surface area contributed by atoms with Gasteiger partial charge in [-0.25, -0.2) is 0 Å². The summed E-state index contributed by atoms with van der Waals surface area (Å²) in [5, 5.41) is 0. The van der Waals surface area contributed by atoms with E-state index in [0.29, 0.717) is 5.92 Å². The number of allylic oxidation sites excluding steroid dienone is 9. The van der Waals surface area contributed by atoms with E-state index >= 15 is 0 Å². The minimum atomic E-state index is 0.176. The highest BCUT2D eigenvalue weighted by Crippen LogP contribution is 2.32. The highest BCUT2D eigenvalue weighted by Gasteiger charge is 2.23. The Morgan fingerprint density at radius 2 is 2.10 bits per heavy atom. The monoisotopic (exact) mass is 268 g/mol. The Morgan fingerprint density at radius 3 is 2.85 bits per heavy atom. The summed E-state index contributed by atoms with van der Waals surface area (Å²) >= 11 is 0. The molecule has 1 aliphatic heterocycles. The molecular formula is C19H24O. The summed E-state index contributed by atoms with van der Waals surface area (Å²) in [4.78, 5) is 0. The molecule has 1 fully saturated rings. The van der Waals surface area contributed by atoms with Crippen LogP contribution < -0.4 is 0 Å². The van der Waals surface area contributed by atoms with Gasteiger partial charge in [-0.1, -0.05) is 55.5 Å². The van der Waals surface area contributed by atoms with E-state index in [1.54, 1.807) is 0 Å². The number of ether oxygens (including phenoxy) is 1. The minimum Gasteiger partial charge on any atom is -0.486 e. The molecule has 0 bridgehead atoms. The normalized spacial score (nSPS) is 30.6. The first kappa shape index (κ1) is 14.6. The summed E-state index contributed by atoms with van der Waals surface area (Å²) in [5.41, 5.74) is 2.57. The van der Waals surface area contributed by atoms with Crippen molar-refractivity contribution in [2.45, 2.75) is 39.7 Å². The third-order valence-corrected chi connectivity index (χ3v) is 3.68. The van der Waals surface area contributed by atoms with E-state index in [9.17, 15) is 0 Å². The summed E-state index contributed by atoms with van der Waals surface area (Å²) in [6, 6.07) is 0. The third kappa shape index (κ3) is 3.63. The molecule has 0 radical (unpaired) electrons. The molecule has 2 rings (SSSR count). The molecule has 0 amide bonds. The largest absolute Gasteiger partial charge is 0.486 e. The Bertz CT molecular complexity index is 512. The summed E-state index contributed by atoms with van der Waals surface area (Å²) in [6.45, 7) is 6.27. The van der Waals surface area contributed by atoms with Crippen LogP contribution >= 0.6 is 0 Å². The van der Waals surface area contributed by atoms with E-state index in [1.165, 1.54) is 11.1 Å². The van der Waals surface area contributed by atoms with Crippen LogP contribution in [0.15, 0.2) is 71.6 Å². The molecule has 20 heavy (non-hydrogen) atoms. The minimum absolute atomic E-state index is 0.176. The van der Waals surface area contributed by atoms with E-state index in [0.717, 1.165) is 18.6 Å². The van der Waals surface area contributed by atoms with Crippen molar-refractivity contribution < 1.29 is 4.74 Å². The van der Waals surface area contributed by atoms with Crippen LogP contribution in [-0.2, 0) is 4.74 Å². The molecule has 1 saturated heterocycles. The quantitative estimate of drug-likeness (QED) is 0.663. The van der Waals surface area contributed by atoms with Crippen LogP contribution in [0.5, 0.6) is 0 Å². The van der Waals surface area contributed by atoms with Gasteiger partial charge in [0.25, 0.3) is 0 Å². The molecule has 1 aliphatic carbocycles. The zero-order valence-electron chi connectivity index (χ0n) is 12.7. The van der Waals surface area contributed by atoms with Gasteiger partial charge in [0.2, 0.25) is 0 Å². The van der Waals surface area contributed by atoms with Crippen molar-refractivity contribution in [2.75, 3.05) is 0 Å². The van der Waals surface area contributed by atoms with Crippen LogP contribution in [0.4, 0.5) is 0 Å². The lowest BCUT2D eigenvalue weighted by molar-refractivity contribution is 0.126. The Labute approximate surface area is 122 Å². The van der Waals surface area contributed by atoms with Gasteiger partial charge in [0.05, 0.1) is 0 Å². The van der Waals surface area contributed by atoms with Crippen LogP contribution in [0, 0.1) is 5.92 Å². The Morgan fingerprint density at radius 1 is 1.25 bits per heavy atom. The molecular weight excluding hydrogens is 244 g/mol. The smallest absolute Gasteiger partial charge is 0.124 e. The van der Waals surface area contributed by atoms with Crippen molar-refractivity contribution >= 4 is 0 Å². The van der Waals surface area contributed by atoms with Crippen LogP contribution in [0.25, 0.3) is 0 Å². The second kappa shape index (κ2) is 7.14. The van der Waals surface area contributed by atoms with Gasteiger partial charge in [0, 0.05) is 0 Å². The standard InChI is InChI=1S/C19H24O/c1-4-6-9-16-13-14-19(20-18(16)5-2)17-10-7-8-15(3)11-12-17/h4-12,15,19H,13-14H2,1-3H3/b6-4-,16-9-,18-5+. The molecule has 1 nitrogen and oxygen atoms in total. The second-order valence-corrected chi connectivity index (χ2v) is 5.29. The first-order valence-corrected chi connectivity index (χ1v) is 7.46. The fourth-order valence-corrected chi connectivity index (χ4v) is 2.50. The number of rotatable bonds is 2. The molecule has 1 heterocycles. The third-order valence-electron chi connectivity index (χ3n) is 3.68. The lowest BCUT2D eigenvalue weighted by Gasteiger charge is -2.28. The highest BCUT2D eigenvalue weighted by molar-refractivity contribution is 5.37. The highest BCUT2D eigenvalue weighted by atomic mass is 16.5. The molecule has 0 spiro atoms. The van der Waals surface area contributed by atoms with Gasteiger partial charge in [-0.2, -0.15) is 0 Å². The fourth-order valence-electron chi connectivity index (χ4n) is 2.50. The molecule has 0 aromatic rings. The first-order valence-electron chi connectivity index (χ1n) is 7.46. The number of hydrogen-bond acceptors (Lipinski definition) is 1. The summed E-state index contributed by atoms with van der Waals surface area (Å²) in [6.07, 6.45) is 21.6. The predicted octanol–water partition coefficient (Wildman–Crippen LogP) is 5.26. The van der Waals surface area contributed by atoms with Gasteiger partial charge in [-0.15, -0.1) is 0 Å². The van der Waals surface area contributed by atoms with E-state index < -0.39 is 0 Å². The Kier molecular flexibility index (Phi) is 5.23. The van der Waals surface area contributed by atoms with Crippen molar-refractivity contribution in [3.8, 4) is 0 Å². The molecule has 1 heteroatoms. The van der Waals surface area contributed by atoms with Crippen molar-refractivity contribution in [1.82, 2.24) is 0 Å². The molecule has 106 valence electrons. The summed E-state index contributed by atoms with van der Waals surface area (Å²) < 4.78 is 6.18. The van der Waals surface area contributed by atoms with Gasteiger partial charge in [-0.05, 0) is 49.8 Å². The van der Waals surface area contributed by atoms with Crippen LogP contribution in [0.2, 0.25) is 0 Å². The van der Waals surface area contributed by atoms with Crippen LogP contribution in [0.3, 0.4) is 0 Å². The predicted molar refractivity (Wildman–Crippen MR) is 86.3 cm³/mol. The van der Waals surface area contributed by atoms with Crippen molar-refractivity contribution in [2.24, 2.45) is 5.92 Å². The fraction of sp³-hybridized carbons (Fsp3) is 0.368. The number of hydrogen-bond donors (Lipinski definition) is 0. The van der Waals surface area contributed by atoms with E-state index in [2.05, 4.69) is 61.6 Å². The Balaban J connectivity index is 2.13. The van der Waals surface area contributed by atoms with Gasteiger partial charge in [0.1, 0.15) is 11.9 Å². The maximum absolute atomic E-state index is 6.18. The topological polar surface area (TPSA) is 9.23 Å². The average molecular weight is 268 g/mol. The van der Waals surface area contributed by atoms with Gasteiger partial charge in [-0.3, -0.25) is 0 Å². The molecule has 2 aliphatic rings. The lowest BCUT2D eigenvalue weighted by Crippen LogP contribution is -2.21. The molecule has 0 N–H and O–H groups in total. The molecule has 2 unspecified atom stereocenters. The molecule has 0 aromatic carbocycles. The van der Waals surface area contributed by atoms with Crippen LogP contribution in [-0.4, -0.2) is 6.10 Å². The first-order chi connectivity index (χ1) is 9.74.